The van der Waals surface area contributed by atoms with Crippen LogP contribution in [0.2, 0.25) is 0 Å². The molecule has 244 valence electrons. The van der Waals surface area contributed by atoms with E-state index in [4.69, 9.17) is 4.74 Å². The molecule has 1 atom stereocenters. The van der Waals surface area contributed by atoms with Crippen molar-refractivity contribution in [2.75, 3.05) is 56.3 Å². The SMILES string of the molecule is C=N/C(=C\c1ncnn1C)Oc1ccc(Nc2ncnc3ccc(NC(=O)/C=C/[C@H]4CCCN4C)c(N4CC(N(C)C)C4)c23)cc1C. The van der Waals surface area contributed by atoms with Crippen molar-refractivity contribution in [1.29, 1.82) is 0 Å². The normalized spacial score (nSPS) is 17.4. The molecule has 2 saturated heterocycles. The second kappa shape index (κ2) is 13.7. The molecule has 13 heteroatoms. The van der Waals surface area contributed by atoms with Gasteiger partial charge in [-0.05, 0) is 90.1 Å². The van der Waals surface area contributed by atoms with E-state index in [9.17, 15) is 4.79 Å². The van der Waals surface area contributed by atoms with Gasteiger partial charge in [0.2, 0.25) is 11.8 Å². The molecule has 2 aliphatic rings. The monoisotopic (exact) mass is 635 g/mol. The van der Waals surface area contributed by atoms with Gasteiger partial charge in [-0.1, -0.05) is 6.08 Å². The number of nitrogens with zero attached hydrogens (tertiary/aromatic N) is 9. The number of anilines is 4. The standard InChI is InChI=1S/C34H41N11O2/c1-22-16-23(9-13-28(22)47-31(35-2)17-29-37-21-39-44(29)6)40-34-32-26(36-20-38-34)11-12-27(33(32)45-18-25(19-45)42(3)4)41-30(46)14-10-24-8-7-15-43(24)5/h9-14,16-17,20-21,24-25H,2,7-8,15,18-19H2,1,3-6H3,(H,41,46)(H,36,38,40)/b14-10+,31-17+/t24-/m1/s1. The first-order valence-electron chi connectivity index (χ1n) is 15.7. The second-order valence-corrected chi connectivity index (χ2v) is 12.2. The predicted molar refractivity (Wildman–Crippen MR) is 186 cm³/mol. The van der Waals surface area contributed by atoms with Crippen LogP contribution < -0.4 is 20.3 Å². The van der Waals surface area contributed by atoms with Crippen molar-refractivity contribution in [2.24, 2.45) is 12.0 Å². The molecule has 2 aromatic heterocycles. The molecular formula is C34H41N11O2. The van der Waals surface area contributed by atoms with E-state index in [1.54, 1.807) is 30.2 Å². The zero-order valence-electron chi connectivity index (χ0n) is 27.5. The van der Waals surface area contributed by atoms with Gasteiger partial charge >= 0.3 is 0 Å². The van der Waals surface area contributed by atoms with E-state index < -0.39 is 0 Å². The number of ether oxygens (including phenoxy) is 1. The fraction of sp³-hybridized carbons (Fsp3) is 0.353. The van der Waals surface area contributed by atoms with E-state index in [2.05, 4.69) is 78.2 Å². The Kier molecular flexibility index (Phi) is 9.27. The van der Waals surface area contributed by atoms with E-state index in [0.717, 1.165) is 66.0 Å². The van der Waals surface area contributed by atoms with E-state index in [1.807, 2.05) is 43.3 Å². The zero-order valence-corrected chi connectivity index (χ0v) is 27.5. The molecule has 0 radical (unpaired) electrons. The number of carbonyl (C=O) groups excluding carboxylic acids is 1. The minimum atomic E-state index is -0.158. The lowest BCUT2D eigenvalue weighted by molar-refractivity contribution is -0.111. The van der Waals surface area contributed by atoms with Crippen molar-refractivity contribution < 1.29 is 9.53 Å². The van der Waals surface area contributed by atoms with Crippen molar-refractivity contribution in [3.05, 3.63) is 72.4 Å². The van der Waals surface area contributed by atoms with Gasteiger partial charge in [0.1, 0.15) is 24.2 Å². The fourth-order valence-corrected chi connectivity index (χ4v) is 5.92. The quantitative estimate of drug-likeness (QED) is 0.140. The third kappa shape index (κ3) is 7.00. The Balaban J connectivity index is 1.29. The number of likely N-dealkylation sites (tertiary alicyclic amines) is 1. The number of benzene rings is 2. The van der Waals surface area contributed by atoms with Crippen LogP contribution in [0.4, 0.5) is 22.9 Å². The Hall–Kier alpha value is -5.14. The van der Waals surface area contributed by atoms with Gasteiger partial charge in [-0.2, -0.15) is 5.10 Å². The molecule has 13 nitrogen and oxygen atoms in total. The highest BCUT2D eigenvalue weighted by molar-refractivity contribution is 6.10. The van der Waals surface area contributed by atoms with Gasteiger partial charge in [-0.15, -0.1) is 0 Å². The average Bonchev–Trinajstić information content (AvgIpc) is 3.63. The Morgan fingerprint density at radius 3 is 2.64 bits per heavy atom. The summed E-state index contributed by atoms with van der Waals surface area (Å²) in [4.78, 5) is 37.4. The highest BCUT2D eigenvalue weighted by atomic mass is 16.5. The van der Waals surface area contributed by atoms with Crippen molar-refractivity contribution in [3.63, 3.8) is 0 Å². The molecule has 0 aliphatic carbocycles. The van der Waals surface area contributed by atoms with E-state index in [-0.39, 0.29) is 11.9 Å². The van der Waals surface area contributed by atoms with Crippen LogP contribution in [0.15, 0.2) is 66.0 Å². The molecule has 2 aromatic carbocycles. The minimum Gasteiger partial charge on any atom is -0.439 e. The van der Waals surface area contributed by atoms with Gasteiger partial charge in [0.15, 0.2) is 5.82 Å². The highest BCUT2D eigenvalue weighted by Gasteiger charge is 2.32. The van der Waals surface area contributed by atoms with Crippen molar-refractivity contribution in [2.45, 2.75) is 31.8 Å². The number of hydrogen-bond acceptors (Lipinski definition) is 11. The van der Waals surface area contributed by atoms with Gasteiger partial charge in [0, 0.05) is 50.1 Å². The third-order valence-corrected chi connectivity index (χ3v) is 8.80. The van der Waals surface area contributed by atoms with Crippen LogP contribution in [0, 0.1) is 6.92 Å². The molecule has 0 saturated carbocycles. The molecule has 2 aliphatic heterocycles. The number of aromatic nitrogens is 5. The maximum Gasteiger partial charge on any atom is 0.248 e. The maximum atomic E-state index is 13.2. The molecule has 4 heterocycles. The average molecular weight is 636 g/mol. The molecule has 1 amide bonds. The van der Waals surface area contributed by atoms with Crippen LogP contribution in [0.5, 0.6) is 5.75 Å². The van der Waals surface area contributed by atoms with Crippen molar-refractivity contribution >= 4 is 52.5 Å². The number of nitrogens with one attached hydrogen (secondary N) is 2. The topological polar surface area (TPSA) is 129 Å². The second-order valence-electron chi connectivity index (χ2n) is 12.2. The third-order valence-electron chi connectivity index (χ3n) is 8.80. The van der Waals surface area contributed by atoms with Crippen LogP contribution in [-0.2, 0) is 11.8 Å². The summed E-state index contributed by atoms with van der Waals surface area (Å²) >= 11 is 0. The highest BCUT2D eigenvalue weighted by Crippen LogP contribution is 2.41. The molecule has 2 fully saturated rings. The lowest BCUT2D eigenvalue weighted by Gasteiger charge is -2.45. The number of rotatable bonds is 11. The van der Waals surface area contributed by atoms with Gasteiger partial charge < -0.3 is 25.2 Å². The van der Waals surface area contributed by atoms with Crippen LogP contribution in [0.1, 0.15) is 24.2 Å². The summed E-state index contributed by atoms with van der Waals surface area (Å²) in [5, 5.41) is 11.6. The number of carbonyl (C=O) groups is 1. The zero-order chi connectivity index (χ0) is 33.1. The Labute approximate surface area is 274 Å². The number of fused-ring (bicyclic) bond motifs is 1. The molecule has 6 rings (SSSR count). The lowest BCUT2D eigenvalue weighted by atomic mass is 10.0. The maximum absolute atomic E-state index is 13.2. The summed E-state index contributed by atoms with van der Waals surface area (Å²) in [7, 11) is 8.06. The molecule has 0 spiro atoms. The number of hydrogen-bond donors (Lipinski definition) is 2. The molecule has 47 heavy (non-hydrogen) atoms. The minimum absolute atomic E-state index is 0.158. The van der Waals surface area contributed by atoms with Crippen LogP contribution in [0.25, 0.3) is 17.0 Å². The summed E-state index contributed by atoms with van der Waals surface area (Å²) in [6.07, 6.45) is 10.6. The number of amides is 1. The van der Waals surface area contributed by atoms with E-state index in [0.29, 0.717) is 29.3 Å². The number of aliphatic imine (C=N–C) groups is 1. The van der Waals surface area contributed by atoms with E-state index >= 15 is 0 Å². The largest absolute Gasteiger partial charge is 0.439 e. The van der Waals surface area contributed by atoms with Crippen LogP contribution in [-0.4, -0.2) is 100 Å². The van der Waals surface area contributed by atoms with Crippen LogP contribution in [0.3, 0.4) is 0 Å². The molecule has 2 N–H and O–H groups in total. The Morgan fingerprint density at radius 1 is 1.13 bits per heavy atom. The van der Waals surface area contributed by atoms with Gasteiger partial charge in [0.25, 0.3) is 0 Å². The molecular weight excluding hydrogens is 594 g/mol. The summed E-state index contributed by atoms with van der Waals surface area (Å²) in [5.74, 6) is 2.02. The van der Waals surface area contributed by atoms with Gasteiger partial charge in [-0.3, -0.25) is 9.69 Å². The van der Waals surface area contributed by atoms with Gasteiger partial charge in [-0.25, -0.2) is 24.6 Å². The predicted octanol–water partition coefficient (Wildman–Crippen LogP) is 4.23. The smallest absolute Gasteiger partial charge is 0.248 e. The van der Waals surface area contributed by atoms with Crippen LogP contribution >= 0.6 is 0 Å². The first kappa shape index (κ1) is 31.8. The van der Waals surface area contributed by atoms with E-state index in [1.165, 1.54) is 6.33 Å². The fourth-order valence-electron chi connectivity index (χ4n) is 5.92. The Bertz CT molecular complexity index is 1840. The lowest BCUT2D eigenvalue weighted by Crippen LogP contribution is -2.57. The number of aryl methyl sites for hydroxylation is 2. The summed E-state index contributed by atoms with van der Waals surface area (Å²) in [6.45, 7) is 8.28. The van der Waals surface area contributed by atoms with Gasteiger partial charge in [0.05, 0.1) is 22.3 Å². The first-order valence-corrected chi connectivity index (χ1v) is 15.7. The molecule has 0 unspecified atom stereocenters. The summed E-state index contributed by atoms with van der Waals surface area (Å²) in [6, 6.07) is 10.3. The first-order chi connectivity index (χ1) is 22.7. The summed E-state index contributed by atoms with van der Waals surface area (Å²) < 4.78 is 7.67. The Morgan fingerprint density at radius 2 is 1.96 bits per heavy atom. The van der Waals surface area contributed by atoms with Crippen molar-refractivity contribution in [3.8, 4) is 5.75 Å². The molecule has 0 bridgehead atoms. The molecule has 4 aromatic rings. The van der Waals surface area contributed by atoms with Crippen molar-refractivity contribution in [1.82, 2.24) is 34.5 Å². The summed E-state index contributed by atoms with van der Waals surface area (Å²) in [5.41, 5.74) is 4.10. The number of likely N-dealkylation sites (N-methyl/N-ethyl adjacent to an activating group) is 2.